The summed E-state index contributed by atoms with van der Waals surface area (Å²) in [6, 6.07) is 9.44. The molecule has 0 aliphatic rings. The van der Waals surface area contributed by atoms with Crippen molar-refractivity contribution >= 4 is 34.9 Å². The van der Waals surface area contributed by atoms with Crippen LogP contribution in [-0.2, 0) is 22.7 Å². The van der Waals surface area contributed by atoms with Gasteiger partial charge >= 0.3 is 0 Å². The van der Waals surface area contributed by atoms with Gasteiger partial charge < -0.3 is 28.8 Å². The quantitative estimate of drug-likeness (QED) is 0.574. The Labute approximate surface area is 163 Å². The zero-order chi connectivity index (χ0) is 19.8. The van der Waals surface area contributed by atoms with Crippen LogP contribution < -0.4 is 13.6 Å². The van der Waals surface area contributed by atoms with Gasteiger partial charge in [-0.3, -0.25) is 0 Å². The van der Waals surface area contributed by atoms with Gasteiger partial charge in [0.15, 0.2) is 23.0 Å². The highest BCUT2D eigenvalue weighted by Crippen LogP contribution is 2.27. The van der Waals surface area contributed by atoms with Crippen LogP contribution in [-0.4, -0.2) is 33.5 Å². The van der Waals surface area contributed by atoms with Crippen molar-refractivity contribution in [2.45, 2.75) is 0 Å². The molecular weight excluding hydrogens is 390 g/mol. The van der Waals surface area contributed by atoms with Gasteiger partial charge in [-0.2, -0.15) is 0 Å². The largest absolute Gasteiger partial charge is 0.590 e. The molecule has 0 aliphatic heterocycles. The molecular formula is C18H19NO6S2. The second-order valence-electron chi connectivity index (χ2n) is 5.15. The molecule has 2 atom stereocenters. The zero-order valence-electron chi connectivity index (χ0n) is 14.6. The molecule has 0 amide bonds. The third kappa shape index (κ3) is 6.42. The first-order valence-corrected chi connectivity index (χ1v) is 10.0. The van der Waals surface area contributed by atoms with Crippen LogP contribution in [0.15, 0.2) is 47.2 Å². The summed E-state index contributed by atoms with van der Waals surface area (Å²) in [5.74, 6) is 0.602. The van der Waals surface area contributed by atoms with E-state index in [0.717, 1.165) is 0 Å². The molecule has 27 heavy (non-hydrogen) atoms. The van der Waals surface area contributed by atoms with Gasteiger partial charge in [0.1, 0.15) is 33.5 Å². The fraction of sp³-hybridized carbons (Fsp3) is 0.111. The van der Waals surface area contributed by atoms with Crippen molar-refractivity contribution in [3.8, 4) is 23.0 Å². The van der Waals surface area contributed by atoms with Crippen molar-refractivity contribution in [2.24, 2.45) is 0 Å². The lowest BCUT2D eigenvalue weighted by Crippen LogP contribution is -2.27. The molecule has 144 valence electrons. The van der Waals surface area contributed by atoms with Crippen molar-refractivity contribution in [1.29, 1.82) is 0 Å². The first kappa shape index (κ1) is 21.0. The Hall–Kier alpha value is -2.30. The molecule has 0 bridgehead atoms. The summed E-state index contributed by atoms with van der Waals surface area (Å²) in [4.78, 5) is 0. The summed E-state index contributed by atoms with van der Waals surface area (Å²) >= 11 is -3.39. The van der Waals surface area contributed by atoms with Crippen LogP contribution in [0.25, 0.3) is 12.2 Å². The SMILES string of the molecule is COc1ccc(/C=C/[S+]([O-])N[S+]([O-])/C=C/c2ccc(OC)c(O)c2)cc1O. The van der Waals surface area contributed by atoms with Crippen LogP contribution in [0.3, 0.4) is 0 Å². The monoisotopic (exact) mass is 409 g/mol. The molecule has 0 heterocycles. The highest BCUT2D eigenvalue weighted by molar-refractivity contribution is 8.07. The molecule has 2 rings (SSSR count). The maximum Gasteiger partial charge on any atom is 0.160 e. The van der Waals surface area contributed by atoms with Gasteiger partial charge in [-0.1, -0.05) is 12.1 Å². The van der Waals surface area contributed by atoms with Crippen LogP contribution >= 0.6 is 0 Å². The molecule has 0 fully saturated rings. The minimum Gasteiger partial charge on any atom is -0.590 e. The van der Waals surface area contributed by atoms with Gasteiger partial charge in [-0.25, -0.2) is 0 Å². The van der Waals surface area contributed by atoms with Gasteiger partial charge in [0.2, 0.25) is 0 Å². The second kappa shape index (κ2) is 10.1. The number of rotatable bonds is 8. The van der Waals surface area contributed by atoms with E-state index in [1.807, 2.05) is 0 Å². The van der Waals surface area contributed by atoms with Crippen LogP contribution in [0, 0.1) is 0 Å². The van der Waals surface area contributed by atoms with Crippen molar-refractivity contribution in [3.05, 3.63) is 58.3 Å². The molecule has 0 aliphatic carbocycles. The van der Waals surface area contributed by atoms with Crippen LogP contribution in [0.1, 0.15) is 11.1 Å². The van der Waals surface area contributed by atoms with Crippen LogP contribution in [0.5, 0.6) is 23.0 Å². The molecule has 0 radical (unpaired) electrons. The molecule has 0 saturated carbocycles. The van der Waals surface area contributed by atoms with E-state index in [4.69, 9.17) is 9.47 Å². The third-order valence-corrected chi connectivity index (χ3v) is 5.42. The number of benzene rings is 2. The topological polar surface area (TPSA) is 117 Å². The first-order chi connectivity index (χ1) is 12.9. The summed E-state index contributed by atoms with van der Waals surface area (Å²) < 4.78 is 36.1. The fourth-order valence-corrected chi connectivity index (χ4v) is 3.69. The number of phenols is 2. The number of ether oxygens (including phenoxy) is 2. The number of nitrogens with one attached hydrogen (secondary N) is 1. The standard InChI is InChI=1S/C18H19NO6S2/c1-24-17-5-3-13(11-15(17)20)7-9-26(22)19-27(23)10-8-14-4-6-18(25-2)16(21)12-14/h3-12,19-21H,1-2H3/b9-7+,10-8+. The highest BCUT2D eigenvalue weighted by Gasteiger charge is 2.12. The minimum atomic E-state index is -1.70. The average Bonchev–Trinajstić information content (AvgIpc) is 2.65. The predicted molar refractivity (Wildman–Crippen MR) is 107 cm³/mol. The lowest BCUT2D eigenvalue weighted by atomic mass is 10.2. The Morgan fingerprint density at radius 1 is 0.815 bits per heavy atom. The zero-order valence-corrected chi connectivity index (χ0v) is 16.3. The van der Waals surface area contributed by atoms with Gasteiger partial charge in [-0.05, 0) is 47.5 Å². The summed E-state index contributed by atoms with van der Waals surface area (Å²) in [6.07, 6.45) is 3.04. The van der Waals surface area contributed by atoms with Crippen molar-refractivity contribution in [2.75, 3.05) is 14.2 Å². The van der Waals surface area contributed by atoms with E-state index >= 15 is 0 Å². The number of hydrogen-bond donors (Lipinski definition) is 3. The summed E-state index contributed by atoms with van der Waals surface area (Å²) in [5.41, 5.74) is 1.22. The van der Waals surface area contributed by atoms with E-state index in [1.165, 1.54) is 49.3 Å². The smallest absolute Gasteiger partial charge is 0.160 e. The Kier molecular flexibility index (Phi) is 7.89. The van der Waals surface area contributed by atoms with E-state index in [1.54, 1.807) is 24.3 Å². The lowest BCUT2D eigenvalue weighted by Gasteiger charge is -2.07. The Morgan fingerprint density at radius 2 is 1.22 bits per heavy atom. The van der Waals surface area contributed by atoms with E-state index in [9.17, 15) is 19.3 Å². The average molecular weight is 409 g/mol. The molecule has 2 aromatic carbocycles. The molecule has 2 unspecified atom stereocenters. The van der Waals surface area contributed by atoms with E-state index < -0.39 is 22.7 Å². The van der Waals surface area contributed by atoms with E-state index in [0.29, 0.717) is 22.6 Å². The van der Waals surface area contributed by atoms with Gasteiger partial charge in [0, 0.05) is 4.13 Å². The first-order valence-electron chi connectivity index (χ1n) is 7.61. The molecule has 0 saturated heterocycles. The Morgan fingerprint density at radius 3 is 1.56 bits per heavy atom. The molecule has 2 aromatic rings. The van der Waals surface area contributed by atoms with Gasteiger partial charge in [0.05, 0.1) is 14.2 Å². The van der Waals surface area contributed by atoms with E-state index in [-0.39, 0.29) is 11.5 Å². The van der Waals surface area contributed by atoms with Crippen LogP contribution in [0.2, 0.25) is 0 Å². The summed E-state index contributed by atoms with van der Waals surface area (Å²) in [7, 11) is 2.89. The summed E-state index contributed by atoms with van der Waals surface area (Å²) in [6.45, 7) is 0. The summed E-state index contributed by atoms with van der Waals surface area (Å²) in [5, 5.41) is 22.0. The second-order valence-corrected chi connectivity index (χ2v) is 7.55. The maximum absolute atomic E-state index is 11.9. The van der Waals surface area contributed by atoms with Crippen molar-refractivity contribution in [1.82, 2.24) is 4.13 Å². The number of hydrogen-bond acceptors (Lipinski definition) is 7. The van der Waals surface area contributed by atoms with Crippen LogP contribution in [0.4, 0.5) is 0 Å². The molecule has 9 heteroatoms. The number of phenolic OH excluding ortho intramolecular Hbond substituents is 2. The van der Waals surface area contributed by atoms with Crippen molar-refractivity contribution in [3.63, 3.8) is 0 Å². The molecule has 0 aromatic heterocycles. The highest BCUT2D eigenvalue weighted by atomic mass is 32.3. The molecule has 3 N–H and O–H groups in total. The molecule has 0 spiro atoms. The Bertz CT molecular complexity index is 760. The van der Waals surface area contributed by atoms with E-state index in [2.05, 4.69) is 4.13 Å². The Balaban J connectivity index is 1.91. The number of methoxy groups -OCH3 is 2. The normalized spacial score (nSPS) is 13.8. The van der Waals surface area contributed by atoms with Gasteiger partial charge in [-0.15, -0.1) is 0 Å². The third-order valence-electron chi connectivity index (χ3n) is 3.34. The molecule has 7 nitrogen and oxygen atoms in total. The lowest BCUT2D eigenvalue weighted by molar-refractivity contribution is 0.373. The van der Waals surface area contributed by atoms with Gasteiger partial charge in [0.25, 0.3) is 0 Å². The minimum absolute atomic E-state index is 0.0346. The number of aromatic hydroxyl groups is 2. The predicted octanol–water partition coefficient (Wildman–Crippen LogP) is 2.67. The maximum atomic E-state index is 11.9. The fourth-order valence-electron chi connectivity index (χ4n) is 2.04. The van der Waals surface area contributed by atoms with Crippen molar-refractivity contribution < 1.29 is 28.8 Å².